The van der Waals surface area contributed by atoms with Gasteiger partial charge in [0.1, 0.15) is 0 Å². The maximum atomic E-state index is 13.1. The van der Waals surface area contributed by atoms with Gasteiger partial charge in [0.2, 0.25) is 5.91 Å². The van der Waals surface area contributed by atoms with Crippen molar-refractivity contribution < 1.29 is 14.3 Å². The Labute approximate surface area is 149 Å². The largest absolute Gasteiger partial charge is 0.378 e. The van der Waals surface area contributed by atoms with Crippen molar-refractivity contribution >= 4 is 11.9 Å². The van der Waals surface area contributed by atoms with Crippen molar-refractivity contribution in [3.05, 3.63) is 0 Å². The third-order valence-electron chi connectivity index (χ3n) is 6.27. The van der Waals surface area contributed by atoms with Crippen molar-refractivity contribution in [1.82, 2.24) is 20.0 Å². The number of hydrogen-bond acceptors (Lipinski definition) is 4. The highest BCUT2D eigenvalue weighted by Gasteiger charge is 2.43. The van der Waals surface area contributed by atoms with Crippen molar-refractivity contribution in [1.29, 1.82) is 0 Å². The van der Waals surface area contributed by atoms with E-state index in [2.05, 4.69) is 10.2 Å². The summed E-state index contributed by atoms with van der Waals surface area (Å²) in [5, 5.41) is 3.50. The minimum atomic E-state index is -0.00864. The number of urea groups is 1. The van der Waals surface area contributed by atoms with E-state index in [0.29, 0.717) is 51.4 Å². The second-order valence-corrected chi connectivity index (χ2v) is 7.83. The Morgan fingerprint density at radius 3 is 2.40 bits per heavy atom. The normalized spacial score (nSPS) is 29.0. The molecular weight excluding hydrogens is 320 g/mol. The van der Waals surface area contributed by atoms with E-state index < -0.39 is 0 Å². The Hall–Kier alpha value is -1.34. The number of nitrogens with one attached hydrogen (secondary N) is 1. The van der Waals surface area contributed by atoms with Crippen LogP contribution >= 0.6 is 0 Å². The zero-order chi connectivity index (χ0) is 17.2. The van der Waals surface area contributed by atoms with E-state index in [4.69, 9.17) is 4.74 Å². The van der Waals surface area contributed by atoms with Crippen LogP contribution in [0.15, 0.2) is 0 Å². The van der Waals surface area contributed by atoms with E-state index >= 15 is 0 Å². The summed E-state index contributed by atoms with van der Waals surface area (Å²) in [6.07, 6.45) is 4.83. The summed E-state index contributed by atoms with van der Waals surface area (Å²) in [4.78, 5) is 31.3. The van der Waals surface area contributed by atoms with Crippen LogP contribution in [0, 0.1) is 11.8 Å². The first-order valence-corrected chi connectivity index (χ1v) is 9.87. The third kappa shape index (κ3) is 3.49. The van der Waals surface area contributed by atoms with Gasteiger partial charge in [-0.15, -0.1) is 0 Å². The van der Waals surface area contributed by atoms with Gasteiger partial charge in [-0.25, -0.2) is 4.79 Å². The Morgan fingerprint density at radius 2 is 1.72 bits per heavy atom. The zero-order valence-electron chi connectivity index (χ0n) is 15.0. The van der Waals surface area contributed by atoms with Crippen LogP contribution in [0.25, 0.3) is 0 Å². The highest BCUT2D eigenvalue weighted by molar-refractivity contribution is 5.84. The fraction of sp³-hybridized carbons (Fsp3) is 0.889. The van der Waals surface area contributed by atoms with Crippen molar-refractivity contribution in [2.75, 3.05) is 59.0 Å². The number of morpholine rings is 1. The van der Waals surface area contributed by atoms with Crippen LogP contribution in [-0.4, -0.2) is 91.7 Å². The molecule has 4 fully saturated rings. The molecule has 1 unspecified atom stereocenters. The molecule has 0 aromatic carbocycles. The average Bonchev–Trinajstić information content (AvgIpc) is 2.78. The molecule has 3 heterocycles. The number of amides is 3. The SMILES string of the molecule is O=C(N1CCOCC1)N1CC(C(=O)N2CCCNCC2C2CCC2)C1. The van der Waals surface area contributed by atoms with Gasteiger partial charge < -0.3 is 24.8 Å². The predicted molar refractivity (Wildman–Crippen MR) is 93.2 cm³/mol. The van der Waals surface area contributed by atoms with Gasteiger partial charge in [0.15, 0.2) is 0 Å². The molecule has 25 heavy (non-hydrogen) atoms. The number of ether oxygens (including phenoxy) is 1. The molecule has 0 aromatic heterocycles. The summed E-state index contributed by atoms with van der Waals surface area (Å²) in [5.41, 5.74) is 0. The topological polar surface area (TPSA) is 65.1 Å². The predicted octanol–water partition coefficient (Wildman–Crippen LogP) is 0.361. The second kappa shape index (κ2) is 7.50. The Morgan fingerprint density at radius 1 is 0.960 bits per heavy atom. The molecule has 0 radical (unpaired) electrons. The fourth-order valence-corrected chi connectivity index (χ4v) is 4.40. The molecule has 1 saturated carbocycles. The number of nitrogens with zero attached hydrogens (tertiary/aromatic N) is 3. The third-order valence-corrected chi connectivity index (χ3v) is 6.27. The van der Waals surface area contributed by atoms with Crippen molar-refractivity contribution in [3.8, 4) is 0 Å². The summed E-state index contributed by atoms with van der Waals surface area (Å²) in [5.74, 6) is 0.929. The lowest BCUT2D eigenvalue weighted by atomic mass is 9.78. The van der Waals surface area contributed by atoms with E-state index in [1.807, 2.05) is 9.80 Å². The molecule has 7 heteroatoms. The van der Waals surface area contributed by atoms with Crippen LogP contribution in [0.4, 0.5) is 4.79 Å². The Kier molecular flexibility index (Phi) is 5.12. The summed E-state index contributed by atoms with van der Waals surface area (Å²) in [6.45, 7) is 6.51. The van der Waals surface area contributed by atoms with Crippen LogP contribution in [0.1, 0.15) is 25.7 Å². The lowest BCUT2D eigenvalue weighted by Gasteiger charge is -2.46. The van der Waals surface area contributed by atoms with E-state index in [0.717, 1.165) is 26.1 Å². The van der Waals surface area contributed by atoms with Gasteiger partial charge in [-0.05, 0) is 31.7 Å². The molecule has 7 nitrogen and oxygen atoms in total. The Bertz CT molecular complexity index is 499. The molecule has 0 spiro atoms. The standard InChI is InChI=1S/C18H30N4O3/c23-17(22-6-2-5-19-11-16(22)14-3-1-4-14)15-12-21(13-15)18(24)20-7-9-25-10-8-20/h14-16,19H,1-13H2. The zero-order valence-corrected chi connectivity index (χ0v) is 15.0. The highest BCUT2D eigenvalue weighted by atomic mass is 16.5. The molecule has 1 aliphatic carbocycles. The molecule has 140 valence electrons. The number of likely N-dealkylation sites (tertiary alicyclic amines) is 1. The first-order valence-electron chi connectivity index (χ1n) is 9.87. The van der Waals surface area contributed by atoms with Gasteiger partial charge in [0.25, 0.3) is 0 Å². The van der Waals surface area contributed by atoms with E-state index in [1.54, 1.807) is 0 Å². The van der Waals surface area contributed by atoms with Crippen LogP contribution < -0.4 is 5.32 Å². The Balaban J connectivity index is 1.32. The van der Waals surface area contributed by atoms with Gasteiger partial charge >= 0.3 is 6.03 Å². The lowest BCUT2D eigenvalue weighted by Crippen LogP contribution is -2.62. The molecule has 3 amide bonds. The first-order chi connectivity index (χ1) is 12.2. The number of carbonyl (C=O) groups is 2. The maximum Gasteiger partial charge on any atom is 0.320 e. The lowest BCUT2D eigenvalue weighted by molar-refractivity contribution is -0.144. The van der Waals surface area contributed by atoms with Crippen LogP contribution in [-0.2, 0) is 9.53 Å². The monoisotopic (exact) mass is 350 g/mol. The molecule has 3 saturated heterocycles. The van der Waals surface area contributed by atoms with Gasteiger partial charge in [-0.3, -0.25) is 4.79 Å². The molecule has 4 aliphatic rings. The molecule has 0 bridgehead atoms. The van der Waals surface area contributed by atoms with E-state index in [1.165, 1.54) is 19.3 Å². The van der Waals surface area contributed by atoms with Crippen molar-refractivity contribution in [3.63, 3.8) is 0 Å². The molecule has 3 aliphatic heterocycles. The quantitative estimate of drug-likeness (QED) is 0.781. The summed E-state index contributed by atoms with van der Waals surface area (Å²) in [7, 11) is 0. The minimum absolute atomic E-state index is 0.00864. The molecule has 1 N–H and O–H groups in total. The summed E-state index contributed by atoms with van der Waals surface area (Å²) >= 11 is 0. The van der Waals surface area contributed by atoms with E-state index in [-0.39, 0.29) is 17.9 Å². The van der Waals surface area contributed by atoms with Crippen molar-refractivity contribution in [2.24, 2.45) is 11.8 Å². The fourth-order valence-electron chi connectivity index (χ4n) is 4.40. The van der Waals surface area contributed by atoms with Gasteiger partial charge in [-0.2, -0.15) is 0 Å². The molecule has 1 atom stereocenters. The van der Waals surface area contributed by atoms with Crippen LogP contribution in [0.3, 0.4) is 0 Å². The maximum absolute atomic E-state index is 13.1. The highest BCUT2D eigenvalue weighted by Crippen LogP contribution is 2.34. The second-order valence-electron chi connectivity index (χ2n) is 7.83. The summed E-state index contributed by atoms with van der Waals surface area (Å²) < 4.78 is 5.30. The molecule has 4 rings (SSSR count). The number of hydrogen-bond donors (Lipinski definition) is 1. The number of rotatable bonds is 2. The molecule has 0 aromatic rings. The first kappa shape index (κ1) is 17.1. The van der Waals surface area contributed by atoms with Gasteiger partial charge in [-0.1, -0.05) is 6.42 Å². The minimum Gasteiger partial charge on any atom is -0.378 e. The van der Waals surface area contributed by atoms with Crippen LogP contribution in [0.2, 0.25) is 0 Å². The van der Waals surface area contributed by atoms with E-state index in [9.17, 15) is 9.59 Å². The smallest absolute Gasteiger partial charge is 0.320 e. The summed E-state index contributed by atoms with van der Waals surface area (Å²) in [6, 6.07) is 0.424. The molecular formula is C18H30N4O3. The number of carbonyl (C=O) groups excluding carboxylic acids is 2. The van der Waals surface area contributed by atoms with Crippen molar-refractivity contribution in [2.45, 2.75) is 31.7 Å². The van der Waals surface area contributed by atoms with Gasteiger partial charge in [0.05, 0.1) is 19.1 Å². The van der Waals surface area contributed by atoms with Crippen LogP contribution in [0.5, 0.6) is 0 Å². The van der Waals surface area contributed by atoms with Gasteiger partial charge in [0, 0.05) is 45.3 Å². The average molecular weight is 350 g/mol.